The molecule has 0 saturated heterocycles. The lowest BCUT2D eigenvalue weighted by molar-refractivity contribution is 0.569. The first kappa shape index (κ1) is 22.5. The first-order valence-electron chi connectivity index (χ1n) is 13.0. The molecule has 2 aromatic heterocycles. The van der Waals surface area contributed by atoms with E-state index in [1.165, 1.54) is 55.3 Å². The van der Waals surface area contributed by atoms with Gasteiger partial charge in [-0.05, 0) is 94.8 Å². The first-order valence-corrected chi connectivity index (χ1v) is 15.2. The minimum atomic E-state index is 0.0695. The molecule has 186 valence electrons. The summed E-state index contributed by atoms with van der Waals surface area (Å²) in [6, 6.07) is 15.9. The lowest BCUT2D eigenvalue weighted by atomic mass is 9.78. The van der Waals surface area contributed by atoms with Crippen LogP contribution in [0.4, 0.5) is 0 Å². The number of nitrogens with one attached hydrogen (secondary N) is 2. The van der Waals surface area contributed by atoms with Crippen molar-refractivity contribution >= 4 is 51.1 Å². The Kier molecular flexibility index (Phi) is 5.05. The van der Waals surface area contributed by atoms with Crippen molar-refractivity contribution in [3.63, 3.8) is 0 Å². The molecule has 2 heterocycles. The van der Waals surface area contributed by atoms with E-state index in [-0.39, 0.29) is 17.2 Å². The fourth-order valence-corrected chi connectivity index (χ4v) is 7.68. The van der Waals surface area contributed by atoms with Crippen LogP contribution in [0.25, 0.3) is 44.4 Å². The Labute approximate surface area is 222 Å². The smallest absolute Gasteiger partial charge is 0.146 e. The van der Waals surface area contributed by atoms with E-state index < -0.39 is 0 Å². The lowest BCUT2D eigenvalue weighted by Crippen LogP contribution is -2.10. The van der Waals surface area contributed by atoms with Crippen molar-refractivity contribution in [2.24, 2.45) is 0 Å². The molecular formula is C30H24N4O2P2. The molecule has 0 spiro atoms. The van der Waals surface area contributed by atoms with Gasteiger partial charge < -0.3 is 9.97 Å². The fourth-order valence-electron chi connectivity index (χ4n) is 6.66. The van der Waals surface area contributed by atoms with Crippen LogP contribution in [0, 0.1) is 0 Å². The van der Waals surface area contributed by atoms with E-state index in [0.717, 1.165) is 84.5 Å². The highest BCUT2D eigenvalue weighted by molar-refractivity contribution is 7.62. The SMILES string of the molecule is O=CPc1nc2c([nH]1)CCc1cc3c(cc1-2)CCc1c-3ccc2cc3c(cc12)CCc1[nH]c(PC=O)nc1-3. The molecule has 3 aromatic carbocycles. The molecule has 0 radical (unpaired) electrons. The maximum atomic E-state index is 11.0. The Morgan fingerprint density at radius 3 is 1.89 bits per heavy atom. The van der Waals surface area contributed by atoms with E-state index >= 15 is 0 Å². The van der Waals surface area contributed by atoms with E-state index in [1.54, 1.807) is 0 Å². The summed E-state index contributed by atoms with van der Waals surface area (Å²) in [5.74, 6) is 0. The van der Waals surface area contributed by atoms with Gasteiger partial charge in [0.25, 0.3) is 0 Å². The molecule has 38 heavy (non-hydrogen) atoms. The molecule has 0 fully saturated rings. The van der Waals surface area contributed by atoms with Crippen molar-refractivity contribution in [1.29, 1.82) is 0 Å². The number of aromatic amines is 2. The van der Waals surface area contributed by atoms with Crippen LogP contribution in [0.5, 0.6) is 0 Å². The van der Waals surface area contributed by atoms with Crippen molar-refractivity contribution in [3.05, 3.63) is 70.0 Å². The van der Waals surface area contributed by atoms with Crippen LogP contribution in [0.2, 0.25) is 0 Å². The number of aryl methyl sites for hydroxylation is 6. The summed E-state index contributed by atoms with van der Waals surface area (Å²) in [4.78, 5) is 38.4. The Morgan fingerprint density at radius 1 is 0.632 bits per heavy atom. The van der Waals surface area contributed by atoms with Gasteiger partial charge in [-0.1, -0.05) is 24.3 Å². The van der Waals surface area contributed by atoms with Gasteiger partial charge >= 0.3 is 0 Å². The highest BCUT2D eigenvalue weighted by Gasteiger charge is 2.27. The number of aromatic nitrogens is 4. The first-order chi connectivity index (χ1) is 18.7. The molecule has 0 bridgehead atoms. The zero-order chi connectivity index (χ0) is 25.4. The third-order valence-corrected chi connectivity index (χ3v) is 9.62. The molecule has 5 aromatic rings. The quantitative estimate of drug-likeness (QED) is 0.261. The van der Waals surface area contributed by atoms with Gasteiger partial charge in [0, 0.05) is 39.7 Å². The zero-order valence-corrected chi connectivity index (χ0v) is 22.6. The second kappa shape index (κ2) is 8.53. The summed E-state index contributed by atoms with van der Waals surface area (Å²) in [7, 11) is 0.144. The topological polar surface area (TPSA) is 91.5 Å². The van der Waals surface area contributed by atoms with Crippen LogP contribution in [0.15, 0.2) is 36.4 Å². The summed E-state index contributed by atoms with van der Waals surface area (Å²) in [5, 5.41) is 2.61. The van der Waals surface area contributed by atoms with Crippen LogP contribution in [0.1, 0.15) is 33.6 Å². The molecule has 2 unspecified atom stereocenters. The highest BCUT2D eigenvalue weighted by atomic mass is 31.1. The molecule has 0 aliphatic heterocycles. The van der Waals surface area contributed by atoms with Gasteiger partial charge in [-0.25, -0.2) is 9.97 Å². The maximum absolute atomic E-state index is 11.0. The second-order valence-corrected chi connectivity index (χ2v) is 12.3. The number of hydrogen-bond acceptors (Lipinski definition) is 4. The molecule has 8 rings (SSSR count). The molecule has 2 atom stereocenters. The van der Waals surface area contributed by atoms with Gasteiger partial charge in [0.05, 0.1) is 11.4 Å². The van der Waals surface area contributed by atoms with E-state index in [4.69, 9.17) is 9.97 Å². The predicted molar refractivity (Wildman–Crippen MR) is 156 cm³/mol. The van der Waals surface area contributed by atoms with Crippen molar-refractivity contribution in [3.8, 4) is 33.6 Å². The monoisotopic (exact) mass is 534 g/mol. The van der Waals surface area contributed by atoms with Crippen molar-refractivity contribution in [2.45, 2.75) is 38.5 Å². The molecule has 3 aliphatic rings. The van der Waals surface area contributed by atoms with Crippen LogP contribution < -0.4 is 11.1 Å². The third kappa shape index (κ3) is 3.33. The second-order valence-electron chi connectivity index (χ2n) is 10.3. The molecule has 0 saturated carbocycles. The van der Waals surface area contributed by atoms with Crippen molar-refractivity contribution in [1.82, 2.24) is 19.9 Å². The van der Waals surface area contributed by atoms with Gasteiger partial charge in [0.15, 0.2) is 0 Å². The fraction of sp³-hybridized carbons (Fsp3) is 0.200. The molecule has 8 heteroatoms. The number of rotatable bonds is 4. The van der Waals surface area contributed by atoms with Crippen LogP contribution in [-0.4, -0.2) is 32.0 Å². The van der Waals surface area contributed by atoms with Crippen LogP contribution in [-0.2, 0) is 48.1 Å². The van der Waals surface area contributed by atoms with Crippen molar-refractivity contribution in [2.75, 3.05) is 0 Å². The van der Waals surface area contributed by atoms with Gasteiger partial charge in [0.2, 0.25) is 0 Å². The zero-order valence-electron chi connectivity index (χ0n) is 20.6. The number of fused-ring (bicyclic) bond motifs is 11. The summed E-state index contributed by atoms with van der Waals surface area (Å²) in [6.45, 7) is 0. The van der Waals surface area contributed by atoms with Crippen LogP contribution >= 0.6 is 17.2 Å². The average molecular weight is 534 g/mol. The number of H-pyrrole nitrogens is 2. The molecular weight excluding hydrogens is 510 g/mol. The molecule has 3 aliphatic carbocycles. The maximum Gasteiger partial charge on any atom is 0.146 e. The Morgan fingerprint density at radius 2 is 1.21 bits per heavy atom. The third-order valence-electron chi connectivity index (χ3n) is 8.37. The average Bonchev–Trinajstić information content (AvgIpc) is 3.55. The number of nitrogens with zero attached hydrogens (tertiary/aromatic N) is 2. The number of benzene rings is 3. The minimum absolute atomic E-state index is 0.0695. The summed E-state index contributed by atoms with van der Waals surface area (Å²) in [6.07, 6.45) is 5.85. The summed E-state index contributed by atoms with van der Waals surface area (Å²) < 4.78 is 0. The van der Waals surface area contributed by atoms with E-state index in [2.05, 4.69) is 46.4 Å². The van der Waals surface area contributed by atoms with Gasteiger partial charge in [0.1, 0.15) is 23.2 Å². The predicted octanol–water partition coefficient (Wildman–Crippen LogP) is 4.57. The lowest BCUT2D eigenvalue weighted by Gasteiger charge is -2.26. The number of carbonyl (C=O) groups excluding carboxylic acids is 2. The van der Waals surface area contributed by atoms with E-state index in [0.29, 0.717) is 0 Å². The molecule has 6 nitrogen and oxygen atoms in total. The molecule has 2 N–H and O–H groups in total. The highest BCUT2D eigenvalue weighted by Crippen LogP contribution is 2.44. The Hall–Kier alpha value is -3.46. The van der Waals surface area contributed by atoms with Crippen LogP contribution in [0.3, 0.4) is 0 Å². The number of imidazole rings is 2. The summed E-state index contributed by atoms with van der Waals surface area (Å²) >= 11 is 0. The van der Waals surface area contributed by atoms with Crippen molar-refractivity contribution < 1.29 is 9.59 Å². The largest absolute Gasteiger partial charge is 0.341 e. The van der Waals surface area contributed by atoms with E-state index in [1.807, 2.05) is 0 Å². The molecule has 0 amide bonds. The summed E-state index contributed by atoms with van der Waals surface area (Å²) in [5.41, 5.74) is 16.6. The van der Waals surface area contributed by atoms with Gasteiger partial charge in [-0.15, -0.1) is 0 Å². The normalized spacial score (nSPS) is 15.3. The number of carbonyl (C=O) groups is 2. The Bertz CT molecular complexity index is 1830. The van der Waals surface area contributed by atoms with E-state index in [9.17, 15) is 9.59 Å². The Balaban J connectivity index is 1.24. The minimum Gasteiger partial charge on any atom is -0.341 e. The van der Waals surface area contributed by atoms with Gasteiger partial charge in [-0.3, -0.25) is 9.59 Å². The standard InChI is InChI=1S/C30H24N4O2P2/c35-13-37-29-31-25-7-3-17-9-21-15(11-23(17)27(25)33-29)1-5-19-20(21)6-2-16-12-24-18(10-22(16)19)4-8-26-28(24)34-30(32-26)38-14-36/h1,5,9-14,37-38H,2-4,6-8H2,(H,31,33)(H,32,34). The van der Waals surface area contributed by atoms with Gasteiger partial charge in [-0.2, -0.15) is 0 Å². The number of hydrogen-bond donors (Lipinski definition) is 2.